The lowest BCUT2D eigenvalue weighted by Crippen LogP contribution is -2.33. The van der Waals surface area contributed by atoms with Crippen LogP contribution in [-0.2, 0) is 16.0 Å². The topological polar surface area (TPSA) is 67.4 Å². The SMILES string of the molecule is C#CCOc1ccc(CCNC(=O)CC(NC(C)=O)c2cccs2)cc1. The van der Waals surface area contributed by atoms with Gasteiger partial charge in [-0.25, -0.2) is 0 Å². The molecule has 2 N–H and O–H groups in total. The zero-order chi connectivity index (χ0) is 18.8. The van der Waals surface area contributed by atoms with Gasteiger partial charge in [-0.1, -0.05) is 24.1 Å². The number of nitrogens with one attached hydrogen (secondary N) is 2. The van der Waals surface area contributed by atoms with Crippen molar-refractivity contribution in [3.05, 3.63) is 52.2 Å². The van der Waals surface area contributed by atoms with Crippen LogP contribution in [0.25, 0.3) is 0 Å². The average Bonchev–Trinajstić information content (AvgIpc) is 3.15. The molecule has 2 aromatic rings. The lowest BCUT2D eigenvalue weighted by Gasteiger charge is -2.16. The van der Waals surface area contributed by atoms with Crippen molar-refractivity contribution in [3.63, 3.8) is 0 Å². The maximum Gasteiger partial charge on any atom is 0.222 e. The molecular formula is C20H22N2O3S. The van der Waals surface area contributed by atoms with Crippen molar-refractivity contribution in [3.8, 4) is 18.1 Å². The van der Waals surface area contributed by atoms with Gasteiger partial charge >= 0.3 is 0 Å². The Bertz CT molecular complexity index is 748. The zero-order valence-corrected chi connectivity index (χ0v) is 15.5. The molecule has 0 aliphatic heterocycles. The number of carbonyl (C=O) groups excluding carboxylic acids is 2. The molecule has 2 amide bonds. The first-order valence-electron chi connectivity index (χ1n) is 8.31. The van der Waals surface area contributed by atoms with Gasteiger partial charge in [0.15, 0.2) is 0 Å². The normalized spacial score (nSPS) is 11.2. The lowest BCUT2D eigenvalue weighted by atomic mass is 10.1. The van der Waals surface area contributed by atoms with E-state index in [2.05, 4.69) is 16.6 Å². The molecule has 0 spiro atoms. The van der Waals surface area contributed by atoms with Gasteiger partial charge in [0.2, 0.25) is 11.8 Å². The number of thiophene rings is 1. The first-order chi connectivity index (χ1) is 12.6. The van der Waals surface area contributed by atoms with E-state index >= 15 is 0 Å². The van der Waals surface area contributed by atoms with Gasteiger partial charge in [0, 0.05) is 18.3 Å². The minimum Gasteiger partial charge on any atom is -0.481 e. The van der Waals surface area contributed by atoms with Crippen molar-refractivity contribution < 1.29 is 14.3 Å². The first-order valence-corrected chi connectivity index (χ1v) is 9.19. The molecular weight excluding hydrogens is 348 g/mol. The maximum absolute atomic E-state index is 12.2. The van der Waals surface area contributed by atoms with Gasteiger partial charge in [0.1, 0.15) is 12.4 Å². The summed E-state index contributed by atoms with van der Waals surface area (Å²) in [5.41, 5.74) is 1.09. The number of carbonyl (C=O) groups is 2. The van der Waals surface area contributed by atoms with Gasteiger partial charge in [0.05, 0.1) is 12.5 Å². The minimum absolute atomic E-state index is 0.0916. The fraction of sp³-hybridized carbons (Fsp3) is 0.300. The monoisotopic (exact) mass is 370 g/mol. The van der Waals surface area contributed by atoms with Crippen molar-refractivity contribution in [2.75, 3.05) is 13.2 Å². The van der Waals surface area contributed by atoms with Crippen LogP contribution in [0.5, 0.6) is 5.75 Å². The summed E-state index contributed by atoms with van der Waals surface area (Å²) in [7, 11) is 0. The number of benzene rings is 1. The smallest absolute Gasteiger partial charge is 0.222 e. The van der Waals surface area contributed by atoms with E-state index in [1.165, 1.54) is 18.3 Å². The van der Waals surface area contributed by atoms with E-state index in [4.69, 9.17) is 11.2 Å². The Morgan fingerprint density at radius 2 is 2.04 bits per heavy atom. The van der Waals surface area contributed by atoms with Gasteiger partial charge in [-0.15, -0.1) is 17.8 Å². The Kier molecular flexibility index (Phi) is 7.72. The number of ether oxygens (including phenoxy) is 1. The minimum atomic E-state index is -0.292. The Hall–Kier alpha value is -2.78. The molecule has 0 fully saturated rings. The van der Waals surface area contributed by atoms with Crippen LogP contribution in [0, 0.1) is 12.3 Å². The van der Waals surface area contributed by atoms with Crippen molar-refractivity contribution in [2.24, 2.45) is 0 Å². The van der Waals surface area contributed by atoms with Crippen molar-refractivity contribution in [1.82, 2.24) is 10.6 Å². The second kappa shape index (κ2) is 10.3. The van der Waals surface area contributed by atoms with Crippen LogP contribution in [-0.4, -0.2) is 25.0 Å². The molecule has 2 rings (SSSR count). The first kappa shape index (κ1) is 19.5. The third-order valence-electron chi connectivity index (χ3n) is 3.64. The predicted octanol–water partition coefficient (Wildman–Crippen LogP) is 2.69. The highest BCUT2D eigenvalue weighted by atomic mass is 32.1. The summed E-state index contributed by atoms with van der Waals surface area (Å²) in [5.74, 6) is 2.91. The number of hydrogen-bond donors (Lipinski definition) is 2. The number of rotatable bonds is 9. The van der Waals surface area contributed by atoms with E-state index in [1.807, 2.05) is 41.8 Å². The predicted molar refractivity (Wildman–Crippen MR) is 103 cm³/mol. The molecule has 0 saturated carbocycles. The lowest BCUT2D eigenvalue weighted by molar-refractivity contribution is -0.122. The van der Waals surface area contributed by atoms with Crippen LogP contribution in [0.3, 0.4) is 0 Å². The second-order valence-corrected chi connectivity index (χ2v) is 6.69. The molecule has 1 heterocycles. The van der Waals surface area contributed by atoms with Gasteiger partial charge in [-0.05, 0) is 35.6 Å². The fourth-order valence-electron chi connectivity index (χ4n) is 2.44. The molecule has 1 aromatic carbocycles. The van der Waals surface area contributed by atoms with Gasteiger partial charge in [-0.2, -0.15) is 0 Å². The fourth-order valence-corrected chi connectivity index (χ4v) is 3.22. The van der Waals surface area contributed by atoms with Crippen LogP contribution < -0.4 is 15.4 Å². The van der Waals surface area contributed by atoms with Gasteiger partial charge < -0.3 is 15.4 Å². The quantitative estimate of drug-likeness (QED) is 0.667. The van der Waals surface area contributed by atoms with Crippen LogP contribution >= 0.6 is 11.3 Å². The Morgan fingerprint density at radius 1 is 1.27 bits per heavy atom. The second-order valence-electron chi connectivity index (χ2n) is 5.71. The third-order valence-corrected chi connectivity index (χ3v) is 4.62. The number of hydrogen-bond acceptors (Lipinski definition) is 4. The summed E-state index contributed by atoms with van der Waals surface area (Å²) >= 11 is 1.52. The summed E-state index contributed by atoms with van der Waals surface area (Å²) in [6.07, 6.45) is 6.09. The largest absolute Gasteiger partial charge is 0.481 e. The summed E-state index contributed by atoms with van der Waals surface area (Å²) < 4.78 is 5.32. The Balaban J connectivity index is 1.78. The summed E-state index contributed by atoms with van der Waals surface area (Å²) in [4.78, 5) is 24.5. The van der Waals surface area contributed by atoms with Crippen molar-refractivity contribution in [1.29, 1.82) is 0 Å². The molecule has 136 valence electrons. The summed E-state index contributed by atoms with van der Waals surface area (Å²) in [5, 5.41) is 7.66. The molecule has 0 radical (unpaired) electrons. The van der Waals surface area contributed by atoms with Crippen LogP contribution in [0.4, 0.5) is 0 Å². The Labute approximate surface area is 157 Å². The standard InChI is InChI=1S/C20H22N2O3S/c1-3-12-25-17-8-6-16(7-9-17)10-11-21-20(24)14-18(22-15(2)23)19-5-4-13-26-19/h1,4-9,13,18H,10-12,14H2,2H3,(H,21,24)(H,22,23). The number of terminal acetylenes is 1. The van der Waals surface area contributed by atoms with Crippen molar-refractivity contribution >= 4 is 23.2 Å². The molecule has 0 saturated heterocycles. The average molecular weight is 370 g/mol. The van der Waals surface area contributed by atoms with Gasteiger partial charge in [0.25, 0.3) is 0 Å². The third kappa shape index (κ3) is 6.61. The van der Waals surface area contributed by atoms with E-state index in [1.54, 1.807) is 0 Å². The highest BCUT2D eigenvalue weighted by molar-refractivity contribution is 7.10. The number of amides is 2. The molecule has 0 aliphatic carbocycles. The summed E-state index contributed by atoms with van der Waals surface area (Å²) in [6, 6.07) is 11.1. The van der Waals surface area contributed by atoms with E-state index in [9.17, 15) is 9.59 Å². The van der Waals surface area contributed by atoms with Crippen LogP contribution in [0.2, 0.25) is 0 Å². The van der Waals surface area contributed by atoms with E-state index in [0.29, 0.717) is 13.0 Å². The molecule has 0 aliphatic rings. The molecule has 0 bridgehead atoms. The van der Waals surface area contributed by atoms with Crippen molar-refractivity contribution in [2.45, 2.75) is 25.8 Å². The molecule has 5 nitrogen and oxygen atoms in total. The molecule has 1 unspecified atom stereocenters. The maximum atomic E-state index is 12.2. The van der Waals surface area contributed by atoms with Gasteiger partial charge in [-0.3, -0.25) is 9.59 Å². The van der Waals surface area contributed by atoms with Crippen LogP contribution in [0.1, 0.15) is 29.8 Å². The molecule has 26 heavy (non-hydrogen) atoms. The molecule has 6 heteroatoms. The molecule has 1 aromatic heterocycles. The molecule has 1 atom stereocenters. The Morgan fingerprint density at radius 3 is 2.65 bits per heavy atom. The van der Waals surface area contributed by atoms with E-state index in [0.717, 1.165) is 16.2 Å². The highest BCUT2D eigenvalue weighted by Crippen LogP contribution is 2.22. The zero-order valence-electron chi connectivity index (χ0n) is 14.7. The van der Waals surface area contributed by atoms with Crippen LogP contribution in [0.15, 0.2) is 41.8 Å². The summed E-state index contributed by atoms with van der Waals surface area (Å²) in [6.45, 7) is 2.23. The van der Waals surface area contributed by atoms with E-state index < -0.39 is 0 Å². The highest BCUT2D eigenvalue weighted by Gasteiger charge is 2.17. The van der Waals surface area contributed by atoms with E-state index in [-0.39, 0.29) is 30.9 Å².